The largest absolute Gasteiger partial charge is 0.325 e. The molecule has 0 aliphatic rings. The van der Waals surface area contributed by atoms with Crippen molar-refractivity contribution >= 4 is 70.1 Å². The van der Waals surface area contributed by atoms with E-state index in [4.69, 9.17) is 23.2 Å². The van der Waals surface area contributed by atoms with E-state index in [1.165, 1.54) is 30.0 Å². The van der Waals surface area contributed by atoms with Gasteiger partial charge in [0.15, 0.2) is 0 Å². The van der Waals surface area contributed by atoms with Gasteiger partial charge in [-0.3, -0.25) is 14.4 Å². The maximum absolute atomic E-state index is 13.6. The molecule has 0 bridgehead atoms. The Hall–Kier alpha value is -4.89. The molecule has 6 nitrogen and oxygen atoms in total. The van der Waals surface area contributed by atoms with Gasteiger partial charge in [-0.05, 0) is 83.9 Å². The predicted molar refractivity (Wildman–Crippen MR) is 183 cm³/mol. The van der Waals surface area contributed by atoms with Gasteiger partial charge in [0, 0.05) is 26.9 Å². The maximum atomic E-state index is 13.6. The molecule has 46 heavy (non-hydrogen) atoms. The molecule has 3 amide bonds. The molecular weight excluding hydrogens is 644 g/mol. The molecule has 0 aromatic heterocycles. The summed E-state index contributed by atoms with van der Waals surface area (Å²) in [7, 11) is 0. The summed E-state index contributed by atoms with van der Waals surface area (Å²) < 4.78 is 13.6. The van der Waals surface area contributed by atoms with E-state index in [0.29, 0.717) is 27.5 Å². The summed E-state index contributed by atoms with van der Waals surface area (Å²) in [6, 6.07) is 35.7. The Bertz CT molecular complexity index is 1890. The quantitative estimate of drug-likeness (QED) is 0.102. The topological polar surface area (TPSA) is 87.3 Å². The summed E-state index contributed by atoms with van der Waals surface area (Å²) in [6.07, 6.45) is 1.55. The molecule has 3 N–H and O–H groups in total. The van der Waals surface area contributed by atoms with Crippen molar-refractivity contribution in [2.45, 2.75) is 10.1 Å². The minimum absolute atomic E-state index is 0.0243. The zero-order valence-corrected chi connectivity index (χ0v) is 26.4. The number of halogens is 3. The lowest BCUT2D eigenvalue weighted by atomic mass is 10.1. The monoisotopic (exact) mass is 669 g/mol. The van der Waals surface area contributed by atoms with E-state index in [-0.39, 0.29) is 16.6 Å². The van der Waals surface area contributed by atoms with Crippen molar-refractivity contribution in [3.05, 3.63) is 166 Å². The summed E-state index contributed by atoms with van der Waals surface area (Å²) in [5, 5.41) is 8.09. The van der Waals surface area contributed by atoms with Crippen LogP contribution in [0, 0.1) is 5.82 Å². The van der Waals surface area contributed by atoms with Gasteiger partial charge < -0.3 is 16.0 Å². The Morgan fingerprint density at radius 3 is 2.07 bits per heavy atom. The number of benzene rings is 5. The first kappa shape index (κ1) is 32.5. The van der Waals surface area contributed by atoms with Crippen LogP contribution in [-0.4, -0.2) is 17.7 Å². The van der Waals surface area contributed by atoms with Crippen molar-refractivity contribution in [3.63, 3.8) is 0 Å². The Kier molecular flexibility index (Phi) is 10.9. The van der Waals surface area contributed by atoms with Crippen molar-refractivity contribution < 1.29 is 18.8 Å². The number of carbonyl (C=O) groups is 3. The van der Waals surface area contributed by atoms with Crippen molar-refractivity contribution in [1.29, 1.82) is 0 Å². The third-order valence-corrected chi connectivity index (χ3v) is 8.37. The van der Waals surface area contributed by atoms with Crippen molar-refractivity contribution in [1.82, 2.24) is 5.32 Å². The summed E-state index contributed by atoms with van der Waals surface area (Å²) in [6.45, 7) is 0. The van der Waals surface area contributed by atoms with E-state index in [2.05, 4.69) is 16.0 Å². The second-order valence-electron chi connectivity index (χ2n) is 9.94. The summed E-state index contributed by atoms with van der Waals surface area (Å²) >= 11 is 13.3. The van der Waals surface area contributed by atoms with Gasteiger partial charge >= 0.3 is 0 Å². The van der Waals surface area contributed by atoms with Gasteiger partial charge in [-0.15, -0.1) is 11.8 Å². The molecule has 1 atom stereocenters. The van der Waals surface area contributed by atoms with Crippen LogP contribution in [0.25, 0.3) is 6.08 Å². The molecular formula is C36H26Cl2FN3O3S. The average molecular weight is 671 g/mol. The van der Waals surface area contributed by atoms with E-state index < -0.39 is 22.9 Å². The lowest BCUT2D eigenvalue weighted by molar-refractivity contribution is -0.116. The number of thioether (sulfide) groups is 1. The number of nitrogens with one attached hydrogen (secondary N) is 3. The summed E-state index contributed by atoms with van der Waals surface area (Å²) in [5.74, 6) is -1.87. The Morgan fingerprint density at radius 2 is 1.39 bits per heavy atom. The van der Waals surface area contributed by atoms with Crippen molar-refractivity contribution in [2.75, 3.05) is 10.6 Å². The van der Waals surface area contributed by atoms with Gasteiger partial charge in [0.2, 0.25) is 5.91 Å². The van der Waals surface area contributed by atoms with Crippen molar-refractivity contribution in [2.24, 2.45) is 0 Å². The number of anilines is 2. The van der Waals surface area contributed by atoms with E-state index in [1.807, 2.05) is 30.3 Å². The molecule has 0 spiro atoms. The summed E-state index contributed by atoms with van der Waals surface area (Å²) in [5.41, 5.74) is 2.66. The smallest absolute Gasteiger partial charge is 0.272 e. The molecule has 0 saturated heterocycles. The van der Waals surface area contributed by atoms with Crippen LogP contribution in [0.2, 0.25) is 10.0 Å². The number of rotatable bonds is 10. The predicted octanol–water partition coefficient (Wildman–Crippen LogP) is 9.01. The third kappa shape index (κ3) is 8.85. The van der Waals surface area contributed by atoms with Gasteiger partial charge in [-0.25, -0.2) is 4.39 Å². The highest BCUT2D eigenvalue weighted by Crippen LogP contribution is 2.37. The van der Waals surface area contributed by atoms with Crippen LogP contribution in [-0.2, 0) is 9.59 Å². The molecule has 0 heterocycles. The van der Waals surface area contributed by atoms with Crippen LogP contribution in [0.5, 0.6) is 0 Å². The molecule has 10 heteroatoms. The fourth-order valence-electron chi connectivity index (χ4n) is 4.34. The molecule has 1 unspecified atom stereocenters. The fraction of sp³-hybridized carbons (Fsp3) is 0.0278. The lowest BCUT2D eigenvalue weighted by Gasteiger charge is -2.18. The number of hydrogen-bond donors (Lipinski definition) is 3. The lowest BCUT2D eigenvalue weighted by Crippen LogP contribution is -2.30. The highest BCUT2D eigenvalue weighted by Gasteiger charge is 2.23. The van der Waals surface area contributed by atoms with Crippen LogP contribution in [0.3, 0.4) is 0 Å². The highest BCUT2D eigenvalue weighted by molar-refractivity contribution is 8.00. The van der Waals surface area contributed by atoms with E-state index in [9.17, 15) is 18.8 Å². The second-order valence-corrected chi connectivity index (χ2v) is 12.0. The Morgan fingerprint density at radius 1 is 0.717 bits per heavy atom. The van der Waals surface area contributed by atoms with Crippen molar-refractivity contribution in [3.8, 4) is 0 Å². The van der Waals surface area contributed by atoms with Crippen LogP contribution >= 0.6 is 35.0 Å². The molecule has 0 fully saturated rings. The van der Waals surface area contributed by atoms with E-state index >= 15 is 0 Å². The molecule has 230 valence electrons. The third-order valence-electron chi connectivity index (χ3n) is 6.58. The molecule has 0 saturated carbocycles. The number of carbonyl (C=O) groups excluding carboxylic acids is 3. The number of hydrogen-bond acceptors (Lipinski definition) is 4. The first-order chi connectivity index (χ1) is 22.2. The van der Waals surface area contributed by atoms with Crippen LogP contribution < -0.4 is 16.0 Å². The first-order valence-corrected chi connectivity index (χ1v) is 15.6. The van der Waals surface area contributed by atoms with E-state index in [0.717, 1.165) is 10.5 Å². The molecule has 0 aliphatic carbocycles. The highest BCUT2D eigenvalue weighted by atomic mass is 35.5. The first-order valence-electron chi connectivity index (χ1n) is 14.0. The Labute approximate surface area is 279 Å². The zero-order valence-electron chi connectivity index (χ0n) is 24.0. The van der Waals surface area contributed by atoms with Crippen LogP contribution in [0.1, 0.15) is 26.7 Å². The van der Waals surface area contributed by atoms with Gasteiger partial charge in [0.05, 0.1) is 5.02 Å². The van der Waals surface area contributed by atoms with Gasteiger partial charge in [-0.2, -0.15) is 0 Å². The Balaban J connectivity index is 1.33. The summed E-state index contributed by atoms with van der Waals surface area (Å²) in [4.78, 5) is 40.5. The zero-order chi connectivity index (χ0) is 32.5. The molecule has 5 aromatic rings. The van der Waals surface area contributed by atoms with Crippen LogP contribution in [0.4, 0.5) is 15.8 Å². The van der Waals surface area contributed by atoms with Gasteiger partial charge in [0.25, 0.3) is 11.8 Å². The fourth-order valence-corrected chi connectivity index (χ4v) is 5.74. The second kappa shape index (κ2) is 15.4. The van der Waals surface area contributed by atoms with Crippen LogP contribution in [0.15, 0.2) is 138 Å². The van der Waals surface area contributed by atoms with Gasteiger partial charge in [0.1, 0.15) is 16.8 Å². The normalized spacial score (nSPS) is 11.8. The molecule has 0 aliphatic heterocycles. The molecule has 0 radical (unpaired) electrons. The average Bonchev–Trinajstić information content (AvgIpc) is 3.06. The molecule has 5 rings (SSSR count). The number of amides is 3. The minimum atomic E-state index is -0.647. The van der Waals surface area contributed by atoms with E-state index in [1.54, 1.807) is 84.9 Å². The SMILES string of the molecule is O=C(Nc1ccc(SC(C(=O)Nc2ccc(F)c(Cl)c2)c2ccccc2)cc1)/C(=C/c1cccc(Cl)c1)NC(=O)c1ccccc1. The van der Waals surface area contributed by atoms with Gasteiger partial charge in [-0.1, -0.05) is 83.9 Å². The molecule has 5 aromatic carbocycles. The standard InChI is InChI=1S/C36H26Cl2FN3O3S/c37-26-13-7-8-23(20-26)21-32(42-34(43)25-11-5-2-6-12-25)35(44)40-27-14-17-29(18-15-27)46-33(24-9-3-1-4-10-24)36(45)41-28-16-19-31(39)30(38)22-28/h1-22,33H,(H,40,44)(H,41,45)(H,42,43)/b32-21-. The maximum Gasteiger partial charge on any atom is 0.272 e. The minimum Gasteiger partial charge on any atom is -0.325 e.